The molecule has 0 aliphatic rings. The standard InChI is InChI=1S/C12H24/c1-9(2)7-12(11(5)6)8-10(3)4/h7,9-11H,8H2,1-6H3/b12-7+. The van der Waals surface area contributed by atoms with E-state index in [0.29, 0.717) is 5.92 Å². The van der Waals surface area contributed by atoms with Crippen LogP contribution in [-0.2, 0) is 0 Å². The smallest absolute Gasteiger partial charge is 0.0260 e. The van der Waals surface area contributed by atoms with Gasteiger partial charge in [-0.2, -0.15) is 0 Å². The van der Waals surface area contributed by atoms with Gasteiger partial charge in [-0.1, -0.05) is 53.2 Å². The monoisotopic (exact) mass is 168 g/mol. The Morgan fingerprint density at radius 3 is 1.75 bits per heavy atom. The van der Waals surface area contributed by atoms with Gasteiger partial charge in [0, 0.05) is 0 Å². The van der Waals surface area contributed by atoms with Crippen LogP contribution in [0.25, 0.3) is 0 Å². The van der Waals surface area contributed by atoms with E-state index in [2.05, 4.69) is 47.6 Å². The topological polar surface area (TPSA) is 0 Å². The second-order valence-corrected chi connectivity index (χ2v) is 4.74. The summed E-state index contributed by atoms with van der Waals surface area (Å²) in [6.45, 7) is 13.7. The number of hydrogen-bond donors (Lipinski definition) is 0. The molecule has 0 heteroatoms. The minimum atomic E-state index is 0.696. The molecule has 0 nitrogen and oxygen atoms in total. The Hall–Kier alpha value is -0.260. The van der Waals surface area contributed by atoms with E-state index in [0.717, 1.165) is 11.8 Å². The van der Waals surface area contributed by atoms with Gasteiger partial charge in [0.05, 0.1) is 0 Å². The summed E-state index contributed by atoms with van der Waals surface area (Å²) in [6, 6.07) is 0. The molecular weight excluding hydrogens is 144 g/mol. The predicted octanol–water partition coefficient (Wildman–Crippen LogP) is 4.27. The van der Waals surface area contributed by atoms with Crippen LogP contribution in [0.15, 0.2) is 11.6 Å². The number of hydrogen-bond acceptors (Lipinski definition) is 0. The molecule has 0 aliphatic heterocycles. The van der Waals surface area contributed by atoms with Crippen molar-refractivity contribution >= 4 is 0 Å². The lowest BCUT2D eigenvalue weighted by Crippen LogP contribution is -2.00. The Labute approximate surface area is 78.1 Å². The Bertz CT molecular complexity index is 138. The molecule has 0 aromatic heterocycles. The highest BCUT2D eigenvalue weighted by Gasteiger charge is 2.06. The molecule has 0 unspecified atom stereocenters. The Morgan fingerprint density at radius 2 is 1.50 bits per heavy atom. The Kier molecular flexibility index (Phi) is 5.28. The summed E-state index contributed by atoms with van der Waals surface area (Å²) in [6.07, 6.45) is 3.68. The zero-order valence-corrected chi connectivity index (χ0v) is 9.52. The van der Waals surface area contributed by atoms with E-state index in [1.54, 1.807) is 5.57 Å². The van der Waals surface area contributed by atoms with Crippen LogP contribution in [0.1, 0.15) is 48.0 Å². The fraction of sp³-hybridized carbons (Fsp3) is 0.833. The highest BCUT2D eigenvalue weighted by Crippen LogP contribution is 2.20. The summed E-state index contributed by atoms with van der Waals surface area (Å²) < 4.78 is 0. The first-order chi connectivity index (χ1) is 5.43. The maximum absolute atomic E-state index is 2.42. The molecule has 0 atom stereocenters. The molecule has 0 bridgehead atoms. The average molecular weight is 168 g/mol. The predicted molar refractivity (Wildman–Crippen MR) is 57.2 cm³/mol. The van der Waals surface area contributed by atoms with Crippen LogP contribution in [0.2, 0.25) is 0 Å². The van der Waals surface area contributed by atoms with E-state index >= 15 is 0 Å². The maximum Gasteiger partial charge on any atom is -0.0260 e. The van der Waals surface area contributed by atoms with Crippen LogP contribution in [0, 0.1) is 17.8 Å². The van der Waals surface area contributed by atoms with Crippen LogP contribution in [0.3, 0.4) is 0 Å². The summed E-state index contributed by atoms with van der Waals surface area (Å²) in [5.74, 6) is 2.20. The third kappa shape index (κ3) is 5.40. The summed E-state index contributed by atoms with van der Waals surface area (Å²) in [5, 5.41) is 0. The first kappa shape index (κ1) is 11.7. The van der Waals surface area contributed by atoms with E-state index in [9.17, 15) is 0 Å². The quantitative estimate of drug-likeness (QED) is 0.550. The molecule has 0 N–H and O–H groups in total. The van der Waals surface area contributed by atoms with Crippen molar-refractivity contribution in [1.82, 2.24) is 0 Å². The minimum absolute atomic E-state index is 0.696. The van der Waals surface area contributed by atoms with Gasteiger partial charge in [-0.3, -0.25) is 0 Å². The molecule has 0 aliphatic carbocycles. The van der Waals surface area contributed by atoms with Crippen molar-refractivity contribution in [3.05, 3.63) is 11.6 Å². The third-order valence-electron chi connectivity index (χ3n) is 1.93. The maximum atomic E-state index is 2.42. The molecule has 0 fully saturated rings. The highest BCUT2D eigenvalue weighted by molar-refractivity contribution is 5.06. The van der Waals surface area contributed by atoms with Gasteiger partial charge < -0.3 is 0 Å². The lowest BCUT2D eigenvalue weighted by atomic mass is 9.91. The fourth-order valence-corrected chi connectivity index (χ4v) is 1.40. The van der Waals surface area contributed by atoms with Gasteiger partial charge in [-0.05, 0) is 24.2 Å². The summed E-state index contributed by atoms with van der Waals surface area (Å²) in [7, 11) is 0. The second kappa shape index (κ2) is 5.40. The molecule has 0 aromatic rings. The molecule has 0 spiro atoms. The van der Waals surface area contributed by atoms with Gasteiger partial charge in [-0.25, -0.2) is 0 Å². The molecule has 0 rings (SSSR count). The first-order valence-corrected chi connectivity index (χ1v) is 5.14. The second-order valence-electron chi connectivity index (χ2n) is 4.74. The van der Waals surface area contributed by atoms with Crippen LogP contribution in [-0.4, -0.2) is 0 Å². The Balaban J connectivity index is 4.23. The van der Waals surface area contributed by atoms with Crippen molar-refractivity contribution in [1.29, 1.82) is 0 Å². The molecule has 12 heavy (non-hydrogen) atoms. The highest BCUT2D eigenvalue weighted by atomic mass is 14.1. The summed E-state index contributed by atoms with van der Waals surface area (Å²) in [5.41, 5.74) is 1.63. The molecule has 72 valence electrons. The van der Waals surface area contributed by atoms with Gasteiger partial charge in [0.2, 0.25) is 0 Å². The molecule has 0 radical (unpaired) electrons. The van der Waals surface area contributed by atoms with Crippen LogP contribution >= 0.6 is 0 Å². The van der Waals surface area contributed by atoms with Gasteiger partial charge >= 0.3 is 0 Å². The zero-order chi connectivity index (χ0) is 9.72. The van der Waals surface area contributed by atoms with Gasteiger partial charge in [-0.15, -0.1) is 0 Å². The van der Waals surface area contributed by atoms with Gasteiger partial charge in [0.1, 0.15) is 0 Å². The van der Waals surface area contributed by atoms with Crippen molar-refractivity contribution in [3.63, 3.8) is 0 Å². The van der Waals surface area contributed by atoms with Gasteiger partial charge in [0.15, 0.2) is 0 Å². The van der Waals surface area contributed by atoms with Crippen molar-refractivity contribution in [2.24, 2.45) is 17.8 Å². The van der Waals surface area contributed by atoms with E-state index < -0.39 is 0 Å². The summed E-state index contributed by atoms with van der Waals surface area (Å²) in [4.78, 5) is 0. The van der Waals surface area contributed by atoms with Crippen molar-refractivity contribution in [2.45, 2.75) is 48.0 Å². The van der Waals surface area contributed by atoms with Crippen LogP contribution < -0.4 is 0 Å². The SMILES string of the molecule is CC(C)/C=C(\CC(C)C)C(C)C. The third-order valence-corrected chi connectivity index (χ3v) is 1.93. The summed E-state index contributed by atoms with van der Waals surface area (Å²) >= 11 is 0. The lowest BCUT2D eigenvalue weighted by Gasteiger charge is -2.15. The molecule has 0 heterocycles. The van der Waals surface area contributed by atoms with Crippen LogP contribution in [0.5, 0.6) is 0 Å². The first-order valence-electron chi connectivity index (χ1n) is 5.14. The zero-order valence-electron chi connectivity index (χ0n) is 9.52. The average Bonchev–Trinajstić information content (AvgIpc) is 1.83. The molecule has 0 amide bonds. The molecule has 0 aromatic carbocycles. The molecule has 0 saturated carbocycles. The number of rotatable bonds is 4. The minimum Gasteiger partial charge on any atom is -0.0825 e. The van der Waals surface area contributed by atoms with E-state index in [4.69, 9.17) is 0 Å². The molecule has 0 saturated heterocycles. The van der Waals surface area contributed by atoms with Crippen molar-refractivity contribution in [2.75, 3.05) is 0 Å². The van der Waals surface area contributed by atoms with E-state index in [1.807, 2.05) is 0 Å². The van der Waals surface area contributed by atoms with E-state index in [-0.39, 0.29) is 0 Å². The van der Waals surface area contributed by atoms with Gasteiger partial charge in [0.25, 0.3) is 0 Å². The normalized spacial score (nSPS) is 13.6. The Morgan fingerprint density at radius 1 is 1.00 bits per heavy atom. The molecular formula is C12H24. The van der Waals surface area contributed by atoms with Crippen molar-refractivity contribution < 1.29 is 0 Å². The largest absolute Gasteiger partial charge is 0.0825 e. The van der Waals surface area contributed by atoms with Crippen LogP contribution in [0.4, 0.5) is 0 Å². The number of allylic oxidation sites excluding steroid dienone is 2. The fourth-order valence-electron chi connectivity index (χ4n) is 1.40. The lowest BCUT2D eigenvalue weighted by molar-refractivity contribution is 0.578. The van der Waals surface area contributed by atoms with Crippen molar-refractivity contribution in [3.8, 4) is 0 Å². The van der Waals surface area contributed by atoms with E-state index in [1.165, 1.54) is 6.42 Å².